The number of hydrogen-bond donors (Lipinski definition) is 2. The summed E-state index contributed by atoms with van der Waals surface area (Å²) in [7, 11) is 0. The molecule has 1 aliphatic carbocycles. The van der Waals surface area contributed by atoms with Crippen molar-refractivity contribution in [3.8, 4) is 0 Å². The van der Waals surface area contributed by atoms with Crippen LogP contribution >= 0.6 is 0 Å². The minimum absolute atomic E-state index is 0.336. The summed E-state index contributed by atoms with van der Waals surface area (Å²) >= 11 is 0. The van der Waals surface area contributed by atoms with Crippen LogP contribution in [0.15, 0.2) is 30.3 Å². The van der Waals surface area contributed by atoms with E-state index in [1.807, 2.05) is 6.07 Å². The van der Waals surface area contributed by atoms with Crippen LogP contribution in [0.4, 0.5) is 0 Å². The van der Waals surface area contributed by atoms with Crippen LogP contribution in [0, 0.1) is 5.92 Å². The van der Waals surface area contributed by atoms with Gasteiger partial charge in [-0.05, 0) is 30.9 Å². The summed E-state index contributed by atoms with van der Waals surface area (Å²) in [5.74, 6) is -1.45. The van der Waals surface area contributed by atoms with E-state index in [1.165, 1.54) is 19.8 Å². The maximum Gasteiger partial charge on any atom is 0.255 e. The molecule has 1 fully saturated rings. The molecule has 2 rings (SSSR count). The maximum atomic E-state index is 11.9. The van der Waals surface area contributed by atoms with Gasteiger partial charge in [0.05, 0.1) is 6.61 Å². The zero-order chi connectivity index (χ0) is 13.7. The van der Waals surface area contributed by atoms with Gasteiger partial charge < -0.3 is 15.2 Å². The van der Waals surface area contributed by atoms with Crippen molar-refractivity contribution in [2.24, 2.45) is 5.92 Å². The van der Waals surface area contributed by atoms with Gasteiger partial charge in [0.2, 0.25) is 5.91 Å². The first-order chi connectivity index (χ1) is 9.07. The molecule has 0 aliphatic heterocycles. The van der Waals surface area contributed by atoms with Crippen molar-refractivity contribution in [2.45, 2.75) is 38.5 Å². The largest absolute Gasteiger partial charge is 0.349 e. The minimum atomic E-state index is -1.62. The molecule has 1 aromatic rings. The quantitative estimate of drug-likeness (QED) is 0.801. The van der Waals surface area contributed by atoms with Gasteiger partial charge in [0.15, 0.2) is 0 Å². The monoisotopic (exact) mass is 263 g/mol. The molecule has 1 aromatic carbocycles. The van der Waals surface area contributed by atoms with E-state index in [0.29, 0.717) is 18.1 Å². The summed E-state index contributed by atoms with van der Waals surface area (Å²) in [5, 5.41) is 12.5. The Morgan fingerprint density at radius 1 is 1.37 bits per heavy atom. The Labute approximate surface area is 113 Å². The van der Waals surface area contributed by atoms with E-state index in [9.17, 15) is 9.90 Å². The number of ether oxygens (including phenoxy) is 1. The number of carbonyl (C=O) groups is 1. The summed E-state index contributed by atoms with van der Waals surface area (Å²) in [4.78, 5) is 11.9. The third kappa shape index (κ3) is 4.33. The van der Waals surface area contributed by atoms with Crippen LogP contribution < -0.4 is 5.32 Å². The Morgan fingerprint density at radius 2 is 2.00 bits per heavy atom. The predicted molar refractivity (Wildman–Crippen MR) is 72.4 cm³/mol. The number of aliphatic hydroxyl groups is 1. The lowest BCUT2D eigenvalue weighted by molar-refractivity contribution is -0.209. The Balaban J connectivity index is 1.84. The van der Waals surface area contributed by atoms with Crippen LogP contribution in [0.1, 0.15) is 43.0 Å². The van der Waals surface area contributed by atoms with E-state index >= 15 is 0 Å². The highest BCUT2D eigenvalue weighted by Gasteiger charge is 2.26. The molecule has 19 heavy (non-hydrogen) atoms. The molecule has 0 radical (unpaired) electrons. The number of amides is 1. The summed E-state index contributed by atoms with van der Waals surface area (Å²) in [6, 6.07) is 8.79. The molecular formula is C15H21NO3. The predicted octanol–water partition coefficient (Wildman–Crippen LogP) is 2.29. The van der Waals surface area contributed by atoms with Crippen LogP contribution in [-0.4, -0.2) is 23.5 Å². The molecule has 1 atom stereocenters. The van der Waals surface area contributed by atoms with Crippen LogP contribution in [0.5, 0.6) is 0 Å². The standard InChI is InChI=1S/C15H21NO3/c1-15(18,19-11-12-7-5-6-8-12)16-14(17)13-9-3-2-4-10-13/h2-4,9-10,12,18H,5-8,11H2,1H3,(H,16,17). The van der Waals surface area contributed by atoms with Crippen LogP contribution in [0.2, 0.25) is 0 Å². The number of nitrogens with one attached hydrogen (secondary N) is 1. The number of carbonyl (C=O) groups excluding carboxylic acids is 1. The molecule has 0 spiro atoms. The van der Waals surface area contributed by atoms with Crippen molar-refractivity contribution in [1.29, 1.82) is 0 Å². The Kier molecular flexibility index (Phi) is 4.56. The lowest BCUT2D eigenvalue weighted by Crippen LogP contribution is -2.48. The molecular weight excluding hydrogens is 242 g/mol. The Morgan fingerprint density at radius 3 is 2.63 bits per heavy atom. The molecule has 104 valence electrons. The van der Waals surface area contributed by atoms with Gasteiger partial charge in [0.1, 0.15) is 0 Å². The maximum absolute atomic E-state index is 11.9. The van der Waals surface area contributed by atoms with Crippen molar-refractivity contribution >= 4 is 5.91 Å². The van der Waals surface area contributed by atoms with E-state index in [-0.39, 0.29) is 5.91 Å². The second kappa shape index (κ2) is 6.17. The minimum Gasteiger partial charge on any atom is -0.349 e. The highest BCUT2D eigenvalue weighted by Crippen LogP contribution is 2.25. The molecule has 1 saturated carbocycles. The van der Waals surface area contributed by atoms with Gasteiger partial charge in [-0.2, -0.15) is 0 Å². The van der Waals surface area contributed by atoms with Crippen molar-refractivity contribution in [3.63, 3.8) is 0 Å². The van der Waals surface area contributed by atoms with Crippen molar-refractivity contribution in [2.75, 3.05) is 6.61 Å². The fourth-order valence-electron chi connectivity index (χ4n) is 2.37. The first-order valence-electron chi connectivity index (χ1n) is 6.81. The molecule has 0 bridgehead atoms. The highest BCUT2D eigenvalue weighted by molar-refractivity contribution is 5.94. The summed E-state index contributed by atoms with van der Waals surface area (Å²) in [5.41, 5.74) is 0.507. The molecule has 1 unspecified atom stereocenters. The van der Waals surface area contributed by atoms with Crippen molar-refractivity contribution in [1.82, 2.24) is 5.32 Å². The lowest BCUT2D eigenvalue weighted by atomic mass is 10.1. The summed E-state index contributed by atoms with van der Waals surface area (Å²) in [6.45, 7) is 1.95. The third-order valence-corrected chi connectivity index (χ3v) is 3.46. The zero-order valence-electron chi connectivity index (χ0n) is 11.3. The third-order valence-electron chi connectivity index (χ3n) is 3.46. The van der Waals surface area contributed by atoms with Crippen LogP contribution in [-0.2, 0) is 4.74 Å². The Bertz CT molecular complexity index is 411. The van der Waals surface area contributed by atoms with Gasteiger partial charge >= 0.3 is 0 Å². The van der Waals surface area contributed by atoms with E-state index in [2.05, 4.69) is 5.32 Å². The van der Waals surface area contributed by atoms with Crippen LogP contribution in [0.3, 0.4) is 0 Å². The highest BCUT2D eigenvalue weighted by atomic mass is 16.6. The number of benzene rings is 1. The van der Waals surface area contributed by atoms with Gasteiger partial charge in [-0.1, -0.05) is 31.0 Å². The molecule has 0 aromatic heterocycles. The van der Waals surface area contributed by atoms with Gasteiger partial charge in [-0.25, -0.2) is 0 Å². The summed E-state index contributed by atoms with van der Waals surface area (Å²) < 4.78 is 5.43. The smallest absolute Gasteiger partial charge is 0.255 e. The molecule has 2 N–H and O–H groups in total. The second-order valence-corrected chi connectivity index (χ2v) is 5.26. The van der Waals surface area contributed by atoms with E-state index < -0.39 is 5.91 Å². The molecule has 4 nitrogen and oxygen atoms in total. The SMILES string of the molecule is CC(O)(NC(=O)c1ccccc1)OCC1CCCC1. The van der Waals surface area contributed by atoms with Gasteiger partial charge in [-0.15, -0.1) is 0 Å². The number of hydrogen-bond acceptors (Lipinski definition) is 3. The lowest BCUT2D eigenvalue weighted by Gasteiger charge is -2.26. The van der Waals surface area contributed by atoms with Gasteiger partial charge in [0, 0.05) is 12.5 Å². The second-order valence-electron chi connectivity index (χ2n) is 5.26. The van der Waals surface area contributed by atoms with E-state index in [1.54, 1.807) is 24.3 Å². The van der Waals surface area contributed by atoms with Crippen molar-refractivity contribution in [3.05, 3.63) is 35.9 Å². The molecule has 1 aliphatic rings. The normalized spacial score (nSPS) is 19.1. The molecule has 0 heterocycles. The van der Waals surface area contributed by atoms with E-state index in [0.717, 1.165) is 12.8 Å². The van der Waals surface area contributed by atoms with Gasteiger partial charge in [0.25, 0.3) is 5.91 Å². The van der Waals surface area contributed by atoms with Crippen molar-refractivity contribution < 1.29 is 14.6 Å². The fraction of sp³-hybridized carbons (Fsp3) is 0.533. The first-order valence-corrected chi connectivity index (χ1v) is 6.81. The average molecular weight is 263 g/mol. The van der Waals surface area contributed by atoms with E-state index in [4.69, 9.17) is 4.74 Å². The average Bonchev–Trinajstić information content (AvgIpc) is 2.90. The Hall–Kier alpha value is -1.39. The first kappa shape index (κ1) is 14.0. The molecule has 0 saturated heterocycles. The number of rotatable bonds is 5. The molecule has 4 heteroatoms. The topological polar surface area (TPSA) is 58.6 Å². The zero-order valence-corrected chi connectivity index (χ0v) is 11.3. The molecule has 1 amide bonds. The van der Waals surface area contributed by atoms with Gasteiger partial charge in [-0.3, -0.25) is 4.79 Å². The summed E-state index contributed by atoms with van der Waals surface area (Å²) in [6.07, 6.45) is 4.74. The van der Waals surface area contributed by atoms with Crippen LogP contribution in [0.25, 0.3) is 0 Å². The fourth-order valence-corrected chi connectivity index (χ4v) is 2.37.